The van der Waals surface area contributed by atoms with Gasteiger partial charge in [0, 0.05) is 18.8 Å². The number of hydrogen-bond donors (Lipinski definition) is 0. The van der Waals surface area contributed by atoms with Crippen LogP contribution < -0.4 is 4.90 Å². The average molecular weight is 261 g/mol. The van der Waals surface area contributed by atoms with Crippen LogP contribution in [0.3, 0.4) is 0 Å². The van der Waals surface area contributed by atoms with E-state index >= 15 is 0 Å². The maximum absolute atomic E-state index is 11.7. The van der Waals surface area contributed by atoms with E-state index in [0.717, 1.165) is 32.4 Å². The molecule has 1 aliphatic rings. The second-order valence-electron chi connectivity index (χ2n) is 5.24. The minimum atomic E-state index is -0.0728. The molecule has 19 heavy (non-hydrogen) atoms. The molecule has 2 rings (SSSR count). The van der Waals surface area contributed by atoms with E-state index in [-0.39, 0.29) is 11.9 Å². The molecule has 0 amide bonds. The molecule has 0 bridgehead atoms. The second-order valence-corrected chi connectivity index (χ2v) is 5.24. The molecule has 1 aliphatic heterocycles. The first-order chi connectivity index (χ1) is 9.17. The fourth-order valence-corrected chi connectivity index (χ4v) is 3.00. The molecular formula is C16H23NO2. The number of hydrogen-bond acceptors (Lipinski definition) is 3. The summed E-state index contributed by atoms with van der Waals surface area (Å²) in [6.07, 6.45) is 3.02. The van der Waals surface area contributed by atoms with Crippen LogP contribution in [-0.4, -0.2) is 26.2 Å². The van der Waals surface area contributed by atoms with E-state index in [9.17, 15) is 4.79 Å². The third-order valence-corrected chi connectivity index (χ3v) is 3.97. The standard InChI is InChI=1S/C16H23NO2/c1-4-13-8-5-7-12(2)15(13)17-10-6-9-14(11-17)16(18)19-3/h5,7-8,14H,4,6,9-11H2,1-3H3. The molecule has 0 aromatic heterocycles. The quantitative estimate of drug-likeness (QED) is 0.783. The van der Waals surface area contributed by atoms with Crippen molar-refractivity contribution in [3.8, 4) is 0 Å². The SMILES string of the molecule is CCc1cccc(C)c1N1CCCC(C(=O)OC)C1. The van der Waals surface area contributed by atoms with Crippen molar-refractivity contribution in [3.63, 3.8) is 0 Å². The van der Waals surface area contributed by atoms with Gasteiger partial charge >= 0.3 is 5.97 Å². The zero-order valence-electron chi connectivity index (χ0n) is 12.1. The van der Waals surface area contributed by atoms with Crippen molar-refractivity contribution in [2.45, 2.75) is 33.1 Å². The monoisotopic (exact) mass is 261 g/mol. The molecule has 1 atom stereocenters. The van der Waals surface area contributed by atoms with Gasteiger partial charge in [-0.25, -0.2) is 0 Å². The van der Waals surface area contributed by atoms with Crippen molar-refractivity contribution in [1.29, 1.82) is 0 Å². The Labute approximate surface area is 115 Å². The van der Waals surface area contributed by atoms with Crippen molar-refractivity contribution in [2.75, 3.05) is 25.1 Å². The molecular weight excluding hydrogens is 238 g/mol. The Balaban J connectivity index is 2.24. The van der Waals surface area contributed by atoms with Crippen molar-refractivity contribution in [3.05, 3.63) is 29.3 Å². The van der Waals surface area contributed by atoms with Gasteiger partial charge in [-0.05, 0) is 37.3 Å². The Bertz CT molecular complexity index is 456. The largest absolute Gasteiger partial charge is 0.469 e. The molecule has 0 aliphatic carbocycles. The molecule has 0 saturated carbocycles. The van der Waals surface area contributed by atoms with Gasteiger partial charge in [0.05, 0.1) is 13.0 Å². The highest BCUT2D eigenvalue weighted by Crippen LogP contribution is 2.30. The number of carbonyl (C=O) groups excluding carboxylic acids is 1. The number of ether oxygens (including phenoxy) is 1. The van der Waals surface area contributed by atoms with Crippen LogP contribution >= 0.6 is 0 Å². The summed E-state index contributed by atoms with van der Waals surface area (Å²) in [7, 11) is 1.48. The zero-order chi connectivity index (χ0) is 13.8. The van der Waals surface area contributed by atoms with E-state index in [0.29, 0.717) is 0 Å². The minimum Gasteiger partial charge on any atom is -0.469 e. The number of carbonyl (C=O) groups is 1. The van der Waals surface area contributed by atoms with Gasteiger partial charge in [0.1, 0.15) is 0 Å². The Hall–Kier alpha value is -1.51. The average Bonchev–Trinajstić information content (AvgIpc) is 2.46. The molecule has 1 aromatic carbocycles. The van der Waals surface area contributed by atoms with Gasteiger partial charge in [-0.15, -0.1) is 0 Å². The first kappa shape index (κ1) is 13.9. The number of aryl methyl sites for hydroxylation is 2. The number of benzene rings is 1. The molecule has 1 unspecified atom stereocenters. The molecule has 1 aromatic rings. The maximum Gasteiger partial charge on any atom is 0.310 e. The number of rotatable bonds is 3. The molecule has 1 saturated heterocycles. The summed E-state index contributed by atoms with van der Waals surface area (Å²) in [5, 5.41) is 0. The van der Waals surface area contributed by atoms with Crippen LogP contribution in [0, 0.1) is 12.8 Å². The van der Waals surface area contributed by atoms with E-state index in [4.69, 9.17) is 4.74 Å². The summed E-state index contributed by atoms with van der Waals surface area (Å²) in [6, 6.07) is 6.44. The maximum atomic E-state index is 11.7. The summed E-state index contributed by atoms with van der Waals surface area (Å²) < 4.78 is 4.90. The van der Waals surface area contributed by atoms with Gasteiger partial charge in [0.2, 0.25) is 0 Å². The summed E-state index contributed by atoms with van der Waals surface area (Å²) in [4.78, 5) is 14.1. The predicted molar refractivity (Wildman–Crippen MR) is 77.5 cm³/mol. The Morgan fingerprint density at radius 3 is 2.95 bits per heavy atom. The lowest BCUT2D eigenvalue weighted by molar-refractivity contribution is -0.145. The van der Waals surface area contributed by atoms with E-state index in [1.807, 2.05) is 0 Å². The van der Waals surface area contributed by atoms with E-state index in [1.54, 1.807) is 0 Å². The highest BCUT2D eigenvalue weighted by Gasteiger charge is 2.27. The van der Waals surface area contributed by atoms with Gasteiger partial charge < -0.3 is 9.64 Å². The number of methoxy groups -OCH3 is 1. The number of esters is 1. The van der Waals surface area contributed by atoms with Crippen LogP contribution in [0.5, 0.6) is 0 Å². The van der Waals surface area contributed by atoms with Crippen LogP contribution in [0.25, 0.3) is 0 Å². The van der Waals surface area contributed by atoms with E-state index in [2.05, 4.69) is 36.9 Å². The number of piperidine rings is 1. The van der Waals surface area contributed by atoms with Crippen LogP contribution in [-0.2, 0) is 16.0 Å². The minimum absolute atomic E-state index is 0.0167. The van der Waals surface area contributed by atoms with Crippen molar-refractivity contribution < 1.29 is 9.53 Å². The summed E-state index contributed by atoms with van der Waals surface area (Å²) >= 11 is 0. The van der Waals surface area contributed by atoms with Crippen LogP contribution in [0.15, 0.2) is 18.2 Å². The Morgan fingerprint density at radius 2 is 2.26 bits per heavy atom. The third-order valence-electron chi connectivity index (χ3n) is 3.97. The van der Waals surface area contributed by atoms with Crippen molar-refractivity contribution in [2.24, 2.45) is 5.92 Å². The summed E-state index contributed by atoms with van der Waals surface area (Å²) in [5.74, 6) is -0.0561. The van der Waals surface area contributed by atoms with Crippen molar-refractivity contribution >= 4 is 11.7 Å². The van der Waals surface area contributed by atoms with E-state index < -0.39 is 0 Å². The fraction of sp³-hybridized carbons (Fsp3) is 0.562. The fourth-order valence-electron chi connectivity index (χ4n) is 3.00. The lowest BCUT2D eigenvalue weighted by atomic mass is 9.95. The van der Waals surface area contributed by atoms with Gasteiger partial charge in [-0.3, -0.25) is 4.79 Å². The smallest absolute Gasteiger partial charge is 0.310 e. The Morgan fingerprint density at radius 1 is 1.47 bits per heavy atom. The molecule has 3 heteroatoms. The zero-order valence-corrected chi connectivity index (χ0v) is 12.1. The molecule has 1 fully saturated rings. The molecule has 1 heterocycles. The second kappa shape index (κ2) is 6.09. The summed E-state index contributed by atoms with van der Waals surface area (Å²) in [6.45, 7) is 6.14. The van der Waals surface area contributed by atoms with E-state index in [1.165, 1.54) is 23.9 Å². The summed E-state index contributed by atoms with van der Waals surface area (Å²) in [5.41, 5.74) is 3.98. The van der Waals surface area contributed by atoms with Gasteiger partial charge in [0.15, 0.2) is 0 Å². The van der Waals surface area contributed by atoms with Crippen LogP contribution in [0.1, 0.15) is 30.9 Å². The first-order valence-electron chi connectivity index (χ1n) is 7.08. The highest BCUT2D eigenvalue weighted by molar-refractivity contribution is 5.74. The molecule has 0 spiro atoms. The van der Waals surface area contributed by atoms with Crippen LogP contribution in [0.4, 0.5) is 5.69 Å². The predicted octanol–water partition coefficient (Wildman–Crippen LogP) is 2.95. The normalized spacial score (nSPS) is 19.3. The highest BCUT2D eigenvalue weighted by atomic mass is 16.5. The molecule has 104 valence electrons. The lowest BCUT2D eigenvalue weighted by Crippen LogP contribution is -2.40. The Kier molecular flexibility index (Phi) is 4.46. The lowest BCUT2D eigenvalue weighted by Gasteiger charge is -2.35. The first-order valence-corrected chi connectivity index (χ1v) is 7.08. The van der Waals surface area contributed by atoms with Gasteiger partial charge in [-0.2, -0.15) is 0 Å². The molecule has 0 radical (unpaired) electrons. The third kappa shape index (κ3) is 2.91. The van der Waals surface area contributed by atoms with Gasteiger partial charge in [0.25, 0.3) is 0 Å². The number of para-hydroxylation sites is 1. The molecule has 3 nitrogen and oxygen atoms in total. The number of nitrogens with zero attached hydrogens (tertiary/aromatic N) is 1. The van der Waals surface area contributed by atoms with Crippen LogP contribution in [0.2, 0.25) is 0 Å². The van der Waals surface area contributed by atoms with Crippen molar-refractivity contribution in [1.82, 2.24) is 0 Å². The van der Waals surface area contributed by atoms with Gasteiger partial charge in [-0.1, -0.05) is 25.1 Å². The molecule has 0 N–H and O–H groups in total. The topological polar surface area (TPSA) is 29.5 Å². The number of anilines is 1.